The Balaban J connectivity index is 2.03. The minimum atomic E-state index is -1.34. The van der Waals surface area contributed by atoms with Gasteiger partial charge in [-0.1, -0.05) is 0 Å². The molecule has 2 aromatic rings. The fourth-order valence-electron chi connectivity index (χ4n) is 3.06. The summed E-state index contributed by atoms with van der Waals surface area (Å²) in [6, 6.07) is 0. The first-order chi connectivity index (χ1) is 14.8. The number of aliphatic hydroxyl groups is 3. The van der Waals surface area contributed by atoms with Crippen LogP contribution < -0.4 is 10.6 Å². The molecular formula is C18H23N7O6. The fraction of sp³-hybridized carbons (Fsp3) is 0.444. The number of nitrogen functional groups attached to an aromatic ring is 1. The van der Waals surface area contributed by atoms with Crippen LogP contribution in [0.25, 0.3) is 5.95 Å². The van der Waals surface area contributed by atoms with Crippen LogP contribution in [0.4, 0.5) is 17.3 Å². The van der Waals surface area contributed by atoms with Crippen LogP contribution in [0.2, 0.25) is 0 Å². The van der Waals surface area contributed by atoms with Crippen molar-refractivity contribution in [3.8, 4) is 5.95 Å². The zero-order chi connectivity index (χ0) is 22.7. The number of aliphatic hydroxyl groups excluding tert-OH is 3. The Morgan fingerprint density at radius 3 is 2.81 bits per heavy atom. The standard InChI is InChI=1S/C18H23N7O6/c1-4-20-11-14(19)22-18(25-7-9(6-21-25)17(29)30-5-2)23-15(11)24(3)16-13(28)12(27)10(8-26)31-16/h6-7,10,12-13,16,26-28H,1,5,8H2,2-3H3,(H2,19,22,23)/t10-,12-,13-,16-/m1/s1. The van der Waals surface area contributed by atoms with Crippen LogP contribution in [-0.2, 0) is 9.47 Å². The minimum Gasteiger partial charge on any atom is -0.462 e. The number of carbonyl (C=O) groups excluding carboxylic acids is 1. The first kappa shape index (κ1) is 22.3. The molecule has 4 atom stereocenters. The number of carbonyl (C=O) groups is 1. The lowest BCUT2D eigenvalue weighted by atomic mass is 10.1. The van der Waals surface area contributed by atoms with Crippen molar-refractivity contribution >= 4 is 29.2 Å². The third kappa shape index (κ3) is 4.26. The van der Waals surface area contributed by atoms with Crippen LogP contribution in [0.3, 0.4) is 0 Å². The maximum Gasteiger partial charge on any atom is 0.341 e. The number of anilines is 2. The van der Waals surface area contributed by atoms with E-state index in [0.717, 1.165) is 0 Å². The summed E-state index contributed by atoms with van der Waals surface area (Å²) in [5, 5.41) is 33.8. The van der Waals surface area contributed by atoms with Crippen LogP contribution in [0, 0.1) is 0 Å². The lowest BCUT2D eigenvalue weighted by molar-refractivity contribution is -0.0213. The van der Waals surface area contributed by atoms with E-state index in [9.17, 15) is 20.1 Å². The summed E-state index contributed by atoms with van der Waals surface area (Å²) in [4.78, 5) is 25.8. The second-order valence-corrected chi connectivity index (χ2v) is 6.58. The van der Waals surface area contributed by atoms with Gasteiger partial charge in [0.05, 0.1) is 25.0 Å². The molecule has 1 aliphatic rings. The molecule has 0 bridgehead atoms. The Morgan fingerprint density at radius 2 is 2.19 bits per heavy atom. The topological polar surface area (TPSA) is 181 Å². The van der Waals surface area contributed by atoms with Gasteiger partial charge in [0.15, 0.2) is 23.6 Å². The molecule has 1 aliphatic heterocycles. The number of aromatic nitrogens is 4. The Bertz CT molecular complexity index is 1010. The molecule has 0 aliphatic carbocycles. The van der Waals surface area contributed by atoms with Crippen LogP contribution in [-0.4, -0.2) is 91.7 Å². The van der Waals surface area contributed by atoms with Gasteiger partial charge in [-0.2, -0.15) is 20.1 Å². The second-order valence-electron chi connectivity index (χ2n) is 6.58. The van der Waals surface area contributed by atoms with Gasteiger partial charge in [0.1, 0.15) is 18.3 Å². The van der Waals surface area contributed by atoms with E-state index in [2.05, 4.69) is 32.5 Å². The van der Waals surface area contributed by atoms with Crippen molar-refractivity contribution in [1.29, 1.82) is 0 Å². The average Bonchev–Trinajstić information content (AvgIpc) is 3.35. The number of esters is 1. The molecule has 0 radical (unpaired) electrons. The van der Waals surface area contributed by atoms with Crippen LogP contribution in [0.5, 0.6) is 0 Å². The molecular weight excluding hydrogens is 410 g/mol. The number of likely N-dealkylation sites (N-methyl/N-ethyl adjacent to an activating group) is 1. The molecule has 1 fully saturated rings. The highest BCUT2D eigenvalue weighted by Gasteiger charge is 2.45. The van der Waals surface area contributed by atoms with Crippen molar-refractivity contribution in [2.45, 2.75) is 31.5 Å². The van der Waals surface area contributed by atoms with Gasteiger partial charge in [-0.15, -0.1) is 0 Å². The zero-order valence-corrected chi connectivity index (χ0v) is 16.9. The van der Waals surface area contributed by atoms with E-state index in [4.69, 9.17) is 15.2 Å². The van der Waals surface area contributed by atoms with Crippen molar-refractivity contribution in [1.82, 2.24) is 19.7 Å². The lowest BCUT2D eigenvalue weighted by Crippen LogP contribution is -2.42. The molecule has 0 aromatic carbocycles. The van der Waals surface area contributed by atoms with E-state index in [1.165, 1.54) is 29.0 Å². The summed E-state index contributed by atoms with van der Waals surface area (Å²) in [5.41, 5.74) is 6.33. The van der Waals surface area contributed by atoms with Gasteiger partial charge in [0, 0.05) is 13.2 Å². The normalized spacial score (nSPS) is 22.7. The van der Waals surface area contributed by atoms with Gasteiger partial charge < -0.3 is 35.4 Å². The summed E-state index contributed by atoms with van der Waals surface area (Å²) in [5.74, 6) is 1.86. The van der Waals surface area contributed by atoms with Crippen LogP contribution in [0.1, 0.15) is 17.3 Å². The van der Waals surface area contributed by atoms with E-state index in [1.807, 2.05) is 0 Å². The first-order valence-electron chi connectivity index (χ1n) is 9.30. The highest BCUT2D eigenvalue weighted by Crippen LogP contribution is 2.35. The smallest absolute Gasteiger partial charge is 0.341 e. The molecule has 0 amide bonds. The number of rotatable bonds is 7. The molecule has 31 heavy (non-hydrogen) atoms. The second kappa shape index (κ2) is 9.20. The number of nitrogens with two attached hydrogens (primary N) is 1. The van der Waals surface area contributed by atoms with Crippen LogP contribution >= 0.6 is 0 Å². The Hall–Kier alpha value is -3.35. The lowest BCUT2D eigenvalue weighted by Gasteiger charge is -2.28. The highest BCUT2D eigenvalue weighted by molar-refractivity contribution is 5.88. The molecule has 0 saturated carbocycles. The monoisotopic (exact) mass is 433 g/mol. The third-order valence-corrected chi connectivity index (χ3v) is 4.60. The quantitative estimate of drug-likeness (QED) is 0.303. The Morgan fingerprint density at radius 1 is 1.45 bits per heavy atom. The Kier molecular flexibility index (Phi) is 6.63. The van der Waals surface area contributed by atoms with E-state index in [0.29, 0.717) is 0 Å². The van der Waals surface area contributed by atoms with Gasteiger partial charge in [-0.3, -0.25) is 0 Å². The summed E-state index contributed by atoms with van der Waals surface area (Å²) >= 11 is 0. The number of ether oxygens (including phenoxy) is 2. The van der Waals surface area contributed by atoms with E-state index in [1.54, 1.807) is 6.92 Å². The molecule has 166 valence electrons. The molecule has 13 heteroatoms. The summed E-state index contributed by atoms with van der Waals surface area (Å²) in [6.45, 7) is 4.83. The molecule has 3 heterocycles. The van der Waals surface area contributed by atoms with Crippen molar-refractivity contribution in [3.63, 3.8) is 0 Å². The largest absolute Gasteiger partial charge is 0.462 e. The zero-order valence-electron chi connectivity index (χ0n) is 16.9. The van der Waals surface area contributed by atoms with Gasteiger partial charge in [0.25, 0.3) is 5.95 Å². The average molecular weight is 433 g/mol. The van der Waals surface area contributed by atoms with Crippen LogP contribution in [0.15, 0.2) is 24.0 Å². The first-order valence-corrected chi connectivity index (χ1v) is 9.30. The summed E-state index contributed by atoms with van der Waals surface area (Å²) in [7, 11) is 1.53. The predicted octanol–water partition coefficient (Wildman–Crippen LogP) is -1.22. The number of hydrogen-bond donors (Lipinski definition) is 4. The molecule has 0 unspecified atom stereocenters. The maximum atomic E-state index is 11.9. The molecule has 5 N–H and O–H groups in total. The van der Waals surface area contributed by atoms with Gasteiger partial charge in [0.2, 0.25) is 0 Å². The van der Waals surface area contributed by atoms with Crippen molar-refractivity contribution in [2.75, 3.05) is 30.9 Å². The van der Waals surface area contributed by atoms with Crippen molar-refractivity contribution in [3.05, 3.63) is 24.5 Å². The number of hydrogen-bond acceptors (Lipinski definition) is 12. The predicted molar refractivity (Wildman–Crippen MR) is 108 cm³/mol. The fourth-order valence-corrected chi connectivity index (χ4v) is 3.06. The van der Waals surface area contributed by atoms with Crippen molar-refractivity contribution < 1.29 is 29.6 Å². The van der Waals surface area contributed by atoms with E-state index in [-0.39, 0.29) is 35.4 Å². The molecule has 13 nitrogen and oxygen atoms in total. The molecule has 0 spiro atoms. The summed E-state index contributed by atoms with van der Waals surface area (Å²) in [6.07, 6.45) is -2.03. The maximum absolute atomic E-state index is 11.9. The molecule has 1 saturated heterocycles. The van der Waals surface area contributed by atoms with Crippen molar-refractivity contribution in [2.24, 2.45) is 4.99 Å². The highest BCUT2D eigenvalue weighted by atomic mass is 16.6. The van der Waals surface area contributed by atoms with Gasteiger partial charge in [-0.25, -0.2) is 9.48 Å². The van der Waals surface area contributed by atoms with Gasteiger partial charge in [-0.05, 0) is 19.4 Å². The SMILES string of the molecule is C=C=Nc1c(N)nc(-n2cc(C(=O)OCC)cn2)nc1N(C)[C@@H]1O[C@H](CO)[C@@H](O)[C@H]1O. The third-order valence-electron chi connectivity index (χ3n) is 4.60. The number of aliphatic imine (C=N–C) groups is 1. The molecule has 3 rings (SSSR count). The van der Waals surface area contributed by atoms with E-state index >= 15 is 0 Å². The molecule has 2 aromatic heterocycles. The minimum absolute atomic E-state index is 0.00431. The summed E-state index contributed by atoms with van der Waals surface area (Å²) < 4.78 is 11.7. The van der Waals surface area contributed by atoms with E-state index < -0.39 is 37.1 Å². The Labute approximate surface area is 177 Å². The van der Waals surface area contributed by atoms with Gasteiger partial charge >= 0.3 is 5.97 Å². The number of nitrogens with zero attached hydrogens (tertiary/aromatic N) is 6.